The van der Waals surface area contributed by atoms with Crippen LogP contribution in [0.4, 0.5) is 5.69 Å². The number of carbonyl (C=O) groups is 1. The van der Waals surface area contributed by atoms with Gasteiger partial charge in [-0.2, -0.15) is 0 Å². The van der Waals surface area contributed by atoms with Crippen molar-refractivity contribution in [3.63, 3.8) is 0 Å². The predicted molar refractivity (Wildman–Crippen MR) is 114 cm³/mol. The molecule has 0 spiro atoms. The van der Waals surface area contributed by atoms with E-state index >= 15 is 0 Å². The maximum atomic E-state index is 12.5. The van der Waals surface area contributed by atoms with Gasteiger partial charge in [0.2, 0.25) is 11.7 Å². The number of nitrogens with zero attached hydrogens (tertiary/aromatic N) is 2. The molecule has 0 radical (unpaired) electrons. The summed E-state index contributed by atoms with van der Waals surface area (Å²) in [5, 5.41) is 10.9. The van der Waals surface area contributed by atoms with Gasteiger partial charge in [-0.05, 0) is 36.2 Å². The number of carbonyl (C=O) groups excluding carboxylic acids is 1. The Morgan fingerprint density at radius 3 is 2.45 bits per heavy atom. The van der Waals surface area contributed by atoms with E-state index < -0.39 is 0 Å². The van der Waals surface area contributed by atoms with Crippen molar-refractivity contribution in [3.05, 3.63) is 47.5 Å². The maximum absolute atomic E-state index is 12.5. The second-order valence-corrected chi connectivity index (χ2v) is 8.01. The summed E-state index contributed by atoms with van der Waals surface area (Å²) < 4.78 is 16.9. The maximum Gasteiger partial charge on any atom is 0.224 e. The quantitative estimate of drug-likeness (QED) is 0.541. The second kappa shape index (κ2) is 10.1. The number of aromatic nitrogens is 2. The molecule has 3 aromatic rings. The van der Waals surface area contributed by atoms with Crippen LogP contribution in [0.1, 0.15) is 12.0 Å². The van der Waals surface area contributed by atoms with Crippen molar-refractivity contribution in [2.45, 2.75) is 22.1 Å². The summed E-state index contributed by atoms with van der Waals surface area (Å²) in [7, 11) is 4.70. The first kappa shape index (κ1) is 20.9. The number of aryl methyl sites for hydroxylation is 1. The summed E-state index contributed by atoms with van der Waals surface area (Å²) in [5.74, 6) is 1.59. The Morgan fingerprint density at radius 1 is 1.10 bits per heavy atom. The first-order valence-corrected chi connectivity index (χ1v) is 10.5. The minimum atomic E-state index is -0.0796. The van der Waals surface area contributed by atoms with Crippen LogP contribution in [0.5, 0.6) is 17.2 Å². The van der Waals surface area contributed by atoms with E-state index in [1.807, 2.05) is 36.4 Å². The molecule has 1 amide bonds. The molecular weight excluding hydrogens is 410 g/mol. The molecule has 9 heteroatoms. The van der Waals surface area contributed by atoms with E-state index in [0.717, 1.165) is 20.5 Å². The summed E-state index contributed by atoms with van der Waals surface area (Å²) in [5.41, 5.74) is 3.36. The van der Waals surface area contributed by atoms with Crippen molar-refractivity contribution in [2.24, 2.45) is 0 Å². The zero-order chi connectivity index (χ0) is 20.6. The molecule has 0 unspecified atom stereocenters. The number of amides is 1. The molecule has 1 N–H and O–H groups in total. The van der Waals surface area contributed by atoms with Crippen molar-refractivity contribution in [3.8, 4) is 17.2 Å². The van der Waals surface area contributed by atoms with Crippen LogP contribution >= 0.6 is 23.1 Å². The third kappa shape index (κ3) is 5.39. The molecular formula is C20H21N3O4S2. The average molecular weight is 432 g/mol. The minimum absolute atomic E-state index is 0.0796. The largest absolute Gasteiger partial charge is 0.493 e. The molecule has 2 aromatic carbocycles. The summed E-state index contributed by atoms with van der Waals surface area (Å²) >= 11 is 2.93. The molecule has 152 valence electrons. The van der Waals surface area contributed by atoms with Gasteiger partial charge in [0.25, 0.3) is 0 Å². The fourth-order valence-electron chi connectivity index (χ4n) is 2.71. The molecule has 29 heavy (non-hydrogen) atoms. The zero-order valence-corrected chi connectivity index (χ0v) is 17.9. The van der Waals surface area contributed by atoms with Crippen LogP contribution in [0.2, 0.25) is 0 Å². The van der Waals surface area contributed by atoms with Gasteiger partial charge in [-0.3, -0.25) is 4.79 Å². The molecule has 0 atom stereocenters. The number of anilines is 1. The highest BCUT2D eigenvalue weighted by Gasteiger charge is 2.14. The molecule has 1 heterocycles. The van der Waals surface area contributed by atoms with Gasteiger partial charge in [0, 0.05) is 11.3 Å². The number of methoxy groups -OCH3 is 3. The number of hydrogen-bond acceptors (Lipinski definition) is 8. The number of nitrogens with one attached hydrogen (secondary N) is 1. The van der Waals surface area contributed by atoms with E-state index in [0.29, 0.717) is 30.1 Å². The standard InChI is InChI=1S/C20H21N3O4S2/c1-25-15-10-13(11-16(26-2)19(15)27-3)8-9-18(24)22-14-6-4-5-7-17(14)29-20-23-21-12-28-20/h4-7,10-12H,8-9H2,1-3H3,(H,22,24). The molecule has 0 aliphatic heterocycles. The first-order valence-electron chi connectivity index (χ1n) is 8.76. The third-order valence-corrected chi connectivity index (χ3v) is 5.92. The lowest BCUT2D eigenvalue weighted by Crippen LogP contribution is -2.13. The number of ether oxygens (including phenoxy) is 3. The molecule has 0 saturated carbocycles. The highest BCUT2D eigenvalue weighted by Crippen LogP contribution is 2.38. The van der Waals surface area contributed by atoms with Gasteiger partial charge >= 0.3 is 0 Å². The number of rotatable bonds is 9. The Bertz CT molecular complexity index is 939. The van der Waals surface area contributed by atoms with E-state index in [2.05, 4.69) is 15.5 Å². The van der Waals surface area contributed by atoms with Gasteiger partial charge in [-0.1, -0.05) is 35.2 Å². The second-order valence-electron chi connectivity index (χ2n) is 5.88. The van der Waals surface area contributed by atoms with Gasteiger partial charge in [-0.25, -0.2) is 0 Å². The van der Waals surface area contributed by atoms with Crippen molar-refractivity contribution in [1.29, 1.82) is 0 Å². The van der Waals surface area contributed by atoms with Crippen LogP contribution in [-0.4, -0.2) is 37.4 Å². The van der Waals surface area contributed by atoms with Crippen molar-refractivity contribution in [1.82, 2.24) is 10.2 Å². The van der Waals surface area contributed by atoms with Crippen LogP contribution in [0.3, 0.4) is 0 Å². The van der Waals surface area contributed by atoms with Gasteiger partial charge in [0.05, 0.1) is 27.0 Å². The summed E-state index contributed by atoms with van der Waals surface area (Å²) in [6, 6.07) is 11.3. The molecule has 0 saturated heterocycles. The Labute approximate surface area is 177 Å². The molecule has 0 fully saturated rings. The smallest absolute Gasteiger partial charge is 0.224 e. The molecule has 7 nitrogen and oxygen atoms in total. The summed E-state index contributed by atoms with van der Waals surface area (Å²) in [4.78, 5) is 13.5. The van der Waals surface area contributed by atoms with Crippen molar-refractivity contribution >= 4 is 34.7 Å². The third-order valence-electron chi connectivity index (χ3n) is 4.06. The van der Waals surface area contributed by atoms with Gasteiger partial charge < -0.3 is 19.5 Å². The molecule has 0 aliphatic carbocycles. The number of benzene rings is 2. The van der Waals surface area contributed by atoms with E-state index in [1.54, 1.807) is 26.8 Å². The number of para-hydroxylation sites is 1. The van der Waals surface area contributed by atoms with Gasteiger partial charge in [-0.15, -0.1) is 10.2 Å². The van der Waals surface area contributed by atoms with Crippen molar-refractivity contribution in [2.75, 3.05) is 26.6 Å². The fraction of sp³-hybridized carbons (Fsp3) is 0.250. The fourth-order valence-corrected chi connectivity index (χ4v) is 4.23. The van der Waals surface area contributed by atoms with Crippen LogP contribution in [-0.2, 0) is 11.2 Å². The molecule has 1 aromatic heterocycles. The van der Waals surface area contributed by atoms with Crippen LogP contribution in [0.15, 0.2) is 51.1 Å². The van der Waals surface area contributed by atoms with E-state index in [4.69, 9.17) is 14.2 Å². The Hall–Kier alpha value is -2.78. The monoisotopic (exact) mass is 431 g/mol. The van der Waals surface area contributed by atoms with Gasteiger partial charge in [0.1, 0.15) is 5.51 Å². The molecule has 3 rings (SSSR count). The lowest BCUT2D eigenvalue weighted by Gasteiger charge is -2.14. The Morgan fingerprint density at radius 2 is 1.83 bits per heavy atom. The highest BCUT2D eigenvalue weighted by atomic mass is 32.2. The van der Waals surface area contributed by atoms with Gasteiger partial charge in [0.15, 0.2) is 15.8 Å². The normalized spacial score (nSPS) is 10.4. The van der Waals surface area contributed by atoms with Crippen LogP contribution in [0.25, 0.3) is 0 Å². The molecule has 0 bridgehead atoms. The topological polar surface area (TPSA) is 82.6 Å². The zero-order valence-electron chi connectivity index (χ0n) is 16.3. The highest BCUT2D eigenvalue weighted by molar-refractivity contribution is 8.01. The number of hydrogen-bond donors (Lipinski definition) is 1. The van der Waals surface area contributed by atoms with Crippen LogP contribution in [0, 0.1) is 0 Å². The van der Waals surface area contributed by atoms with Crippen molar-refractivity contribution < 1.29 is 19.0 Å². The van der Waals surface area contributed by atoms with Crippen LogP contribution < -0.4 is 19.5 Å². The SMILES string of the molecule is COc1cc(CCC(=O)Nc2ccccc2Sc2nncs2)cc(OC)c1OC. The predicted octanol–water partition coefficient (Wildman–Crippen LogP) is 4.29. The lowest BCUT2D eigenvalue weighted by atomic mass is 10.1. The summed E-state index contributed by atoms with van der Waals surface area (Å²) in [6.07, 6.45) is 0.852. The first-order chi connectivity index (χ1) is 14.1. The van der Waals surface area contributed by atoms with E-state index in [1.165, 1.54) is 23.1 Å². The average Bonchev–Trinajstić information content (AvgIpc) is 3.26. The molecule has 0 aliphatic rings. The Kier molecular flexibility index (Phi) is 7.31. The lowest BCUT2D eigenvalue weighted by molar-refractivity contribution is -0.116. The summed E-state index contributed by atoms with van der Waals surface area (Å²) in [6.45, 7) is 0. The van der Waals surface area contributed by atoms with E-state index in [9.17, 15) is 4.79 Å². The Balaban J connectivity index is 1.66. The minimum Gasteiger partial charge on any atom is -0.493 e. The van der Waals surface area contributed by atoms with E-state index in [-0.39, 0.29) is 5.91 Å².